The Morgan fingerprint density at radius 3 is 2.56 bits per heavy atom. The van der Waals surface area contributed by atoms with Crippen molar-refractivity contribution in [2.24, 2.45) is 0 Å². The normalized spacial score (nSPS) is 14.4. The average molecular weight is 541 g/mol. The highest BCUT2D eigenvalue weighted by atomic mass is 35.5. The maximum Gasteiger partial charge on any atom is 0.293 e. The topological polar surface area (TPSA) is 75.7 Å². The number of amides is 3. The number of aryl methyl sites for hydroxylation is 2. The number of nitrogens with one attached hydrogen (secondary N) is 1. The number of nitrogens with zero attached hydrogens (tertiary/aromatic N) is 1. The maximum absolute atomic E-state index is 13.0. The van der Waals surface area contributed by atoms with E-state index in [4.69, 9.17) is 27.9 Å². The third-order valence-corrected chi connectivity index (χ3v) is 7.07. The number of carbonyl (C=O) groups excluding carboxylic acids is 3. The van der Waals surface area contributed by atoms with Crippen LogP contribution in [0.2, 0.25) is 10.0 Å². The summed E-state index contributed by atoms with van der Waals surface area (Å²) in [5, 5.41) is 3.21. The molecule has 0 radical (unpaired) electrons. The van der Waals surface area contributed by atoms with Gasteiger partial charge in [-0.2, -0.15) is 0 Å². The van der Waals surface area contributed by atoms with Crippen molar-refractivity contribution in [2.75, 3.05) is 11.9 Å². The number of imide groups is 1. The number of rotatable bonds is 7. The van der Waals surface area contributed by atoms with Crippen molar-refractivity contribution in [3.63, 3.8) is 0 Å². The molecule has 9 heteroatoms. The first-order valence-corrected chi connectivity index (χ1v) is 12.6. The fourth-order valence-electron chi connectivity index (χ4n) is 3.61. The minimum Gasteiger partial charge on any atom is -0.483 e. The lowest BCUT2D eigenvalue weighted by atomic mass is 10.1. The second-order valence-electron chi connectivity index (χ2n) is 8.21. The zero-order chi connectivity index (χ0) is 25.8. The van der Waals surface area contributed by atoms with E-state index in [0.717, 1.165) is 33.5 Å². The summed E-state index contributed by atoms with van der Waals surface area (Å²) in [6.07, 6.45) is 1.59. The van der Waals surface area contributed by atoms with Crippen LogP contribution in [0.5, 0.6) is 5.75 Å². The van der Waals surface area contributed by atoms with Gasteiger partial charge in [0.2, 0.25) is 0 Å². The molecule has 1 fully saturated rings. The third kappa shape index (κ3) is 6.10. The van der Waals surface area contributed by atoms with Crippen LogP contribution in [0.1, 0.15) is 22.3 Å². The van der Waals surface area contributed by atoms with Gasteiger partial charge < -0.3 is 10.1 Å². The molecule has 3 amide bonds. The Morgan fingerprint density at radius 1 is 1.03 bits per heavy atom. The quantitative estimate of drug-likeness (QED) is 0.331. The van der Waals surface area contributed by atoms with Gasteiger partial charge in [-0.25, -0.2) is 0 Å². The molecule has 3 aromatic rings. The summed E-state index contributed by atoms with van der Waals surface area (Å²) < 4.78 is 5.75. The summed E-state index contributed by atoms with van der Waals surface area (Å²) in [6, 6.07) is 17.7. The van der Waals surface area contributed by atoms with E-state index in [1.807, 2.05) is 32.0 Å². The summed E-state index contributed by atoms with van der Waals surface area (Å²) in [6.45, 7) is 3.78. The van der Waals surface area contributed by atoms with E-state index in [1.165, 1.54) is 0 Å². The molecule has 0 atom stereocenters. The first kappa shape index (κ1) is 25.8. The molecule has 0 aliphatic carbocycles. The van der Waals surface area contributed by atoms with Gasteiger partial charge in [0.1, 0.15) is 5.75 Å². The zero-order valence-electron chi connectivity index (χ0n) is 19.5. The smallest absolute Gasteiger partial charge is 0.293 e. The second kappa shape index (κ2) is 11.2. The largest absolute Gasteiger partial charge is 0.483 e. The summed E-state index contributed by atoms with van der Waals surface area (Å²) in [5.74, 6) is -0.304. The Balaban J connectivity index is 1.45. The lowest BCUT2D eigenvalue weighted by Crippen LogP contribution is -2.27. The average Bonchev–Trinajstić information content (AvgIpc) is 3.10. The van der Waals surface area contributed by atoms with Crippen LogP contribution in [-0.4, -0.2) is 28.6 Å². The van der Waals surface area contributed by atoms with Crippen molar-refractivity contribution in [1.29, 1.82) is 0 Å². The molecular formula is C27H22Cl2N2O4S. The van der Waals surface area contributed by atoms with Crippen molar-refractivity contribution in [2.45, 2.75) is 20.4 Å². The SMILES string of the molecule is Cc1ccc(NC(=O)COc2ccccc2/C=C2\SC(=O)N(Cc3ccc(Cl)c(Cl)c3)C2=O)c(C)c1. The van der Waals surface area contributed by atoms with Crippen LogP contribution in [0.25, 0.3) is 6.08 Å². The van der Waals surface area contributed by atoms with Gasteiger partial charge >= 0.3 is 0 Å². The third-order valence-electron chi connectivity index (χ3n) is 5.42. The van der Waals surface area contributed by atoms with Gasteiger partial charge in [0.15, 0.2) is 6.61 Å². The van der Waals surface area contributed by atoms with E-state index in [-0.39, 0.29) is 29.2 Å². The fraction of sp³-hybridized carbons (Fsp3) is 0.148. The Labute approximate surface area is 223 Å². The Morgan fingerprint density at radius 2 is 1.81 bits per heavy atom. The van der Waals surface area contributed by atoms with Gasteiger partial charge in [-0.15, -0.1) is 0 Å². The summed E-state index contributed by atoms with van der Waals surface area (Å²) in [5.41, 5.74) is 4.05. The molecule has 0 unspecified atom stereocenters. The zero-order valence-corrected chi connectivity index (χ0v) is 21.8. The lowest BCUT2D eigenvalue weighted by molar-refractivity contribution is -0.123. The van der Waals surface area contributed by atoms with Crippen LogP contribution in [-0.2, 0) is 16.1 Å². The van der Waals surface area contributed by atoms with Crippen molar-refractivity contribution in [1.82, 2.24) is 4.90 Å². The van der Waals surface area contributed by atoms with Crippen LogP contribution in [0.3, 0.4) is 0 Å². The minimum atomic E-state index is -0.418. The van der Waals surface area contributed by atoms with Crippen molar-refractivity contribution in [3.05, 3.63) is 97.9 Å². The van der Waals surface area contributed by atoms with Crippen molar-refractivity contribution >= 4 is 63.8 Å². The number of hydrogen-bond acceptors (Lipinski definition) is 5. The maximum atomic E-state index is 13.0. The molecular weight excluding hydrogens is 519 g/mol. The molecule has 0 aromatic heterocycles. The number of ether oxygens (including phenoxy) is 1. The second-order valence-corrected chi connectivity index (χ2v) is 10.0. The number of carbonyl (C=O) groups is 3. The predicted octanol–water partition coefficient (Wildman–Crippen LogP) is 6.86. The molecule has 36 heavy (non-hydrogen) atoms. The van der Waals surface area contributed by atoms with Crippen LogP contribution >= 0.6 is 35.0 Å². The number of hydrogen-bond donors (Lipinski definition) is 1. The molecule has 0 bridgehead atoms. The molecule has 0 spiro atoms. The van der Waals surface area contributed by atoms with Crippen LogP contribution in [0.15, 0.2) is 65.6 Å². The molecule has 1 saturated heterocycles. The molecule has 3 aromatic carbocycles. The van der Waals surface area contributed by atoms with Crippen LogP contribution in [0, 0.1) is 13.8 Å². The van der Waals surface area contributed by atoms with E-state index >= 15 is 0 Å². The standard InChI is InChI=1S/C27H22Cl2N2O4S/c1-16-7-10-22(17(2)11-16)30-25(32)15-35-23-6-4-3-5-19(23)13-24-26(33)31(27(34)36-24)14-18-8-9-20(28)21(29)12-18/h3-13H,14-15H2,1-2H3,(H,30,32)/b24-13-. The summed E-state index contributed by atoms with van der Waals surface area (Å²) in [4.78, 5) is 39.4. The highest BCUT2D eigenvalue weighted by Gasteiger charge is 2.35. The van der Waals surface area contributed by atoms with Gasteiger partial charge in [-0.1, -0.05) is 65.2 Å². The number of para-hydroxylation sites is 1. The first-order valence-electron chi connectivity index (χ1n) is 11.0. The van der Waals surface area contributed by atoms with Gasteiger partial charge in [-0.05, 0) is 67.1 Å². The van der Waals surface area contributed by atoms with Gasteiger partial charge in [0.05, 0.1) is 21.5 Å². The molecule has 1 heterocycles. The number of anilines is 1. The molecule has 1 aliphatic heterocycles. The predicted molar refractivity (Wildman–Crippen MR) is 144 cm³/mol. The minimum absolute atomic E-state index is 0.0790. The fourth-order valence-corrected chi connectivity index (χ4v) is 4.76. The van der Waals surface area contributed by atoms with Crippen LogP contribution in [0.4, 0.5) is 10.5 Å². The highest BCUT2D eigenvalue weighted by Crippen LogP contribution is 2.35. The van der Waals surface area contributed by atoms with Gasteiger partial charge in [-0.3, -0.25) is 19.3 Å². The molecule has 1 aliphatic rings. The van der Waals surface area contributed by atoms with E-state index in [2.05, 4.69) is 5.32 Å². The summed E-state index contributed by atoms with van der Waals surface area (Å²) in [7, 11) is 0. The lowest BCUT2D eigenvalue weighted by Gasteiger charge is -2.13. The van der Waals surface area contributed by atoms with E-state index in [9.17, 15) is 14.4 Å². The molecule has 6 nitrogen and oxygen atoms in total. The van der Waals surface area contributed by atoms with E-state index in [1.54, 1.807) is 48.5 Å². The number of thioether (sulfide) groups is 1. The molecule has 4 rings (SSSR count). The van der Waals surface area contributed by atoms with E-state index in [0.29, 0.717) is 26.9 Å². The summed E-state index contributed by atoms with van der Waals surface area (Å²) >= 11 is 12.9. The Kier molecular flexibility index (Phi) is 8.04. The van der Waals surface area contributed by atoms with E-state index < -0.39 is 5.91 Å². The van der Waals surface area contributed by atoms with Gasteiger partial charge in [0.25, 0.3) is 17.1 Å². The molecule has 1 N–H and O–H groups in total. The molecule has 184 valence electrons. The van der Waals surface area contributed by atoms with Crippen molar-refractivity contribution < 1.29 is 19.1 Å². The Hall–Kier alpha value is -3.26. The monoisotopic (exact) mass is 540 g/mol. The molecule has 0 saturated carbocycles. The van der Waals surface area contributed by atoms with Crippen molar-refractivity contribution in [3.8, 4) is 5.75 Å². The highest BCUT2D eigenvalue weighted by molar-refractivity contribution is 8.18. The number of halogens is 2. The van der Waals surface area contributed by atoms with Gasteiger partial charge in [0, 0.05) is 11.3 Å². The first-order chi connectivity index (χ1) is 17.2. The Bertz CT molecular complexity index is 1390. The number of benzene rings is 3. The van der Waals surface area contributed by atoms with Crippen LogP contribution < -0.4 is 10.1 Å².